The number of aliphatic carboxylic acids is 1. The van der Waals surface area contributed by atoms with E-state index in [1.165, 1.54) is 18.4 Å². The summed E-state index contributed by atoms with van der Waals surface area (Å²) in [6.07, 6.45) is 14.2. The summed E-state index contributed by atoms with van der Waals surface area (Å²) >= 11 is 2.21. The number of unbranched alkanes of at least 4 members (excludes halogenated alkanes) is 1. The van der Waals surface area contributed by atoms with Gasteiger partial charge in [-0.25, -0.2) is 0 Å². The second-order valence-electron chi connectivity index (χ2n) is 8.60. The van der Waals surface area contributed by atoms with E-state index in [1.807, 2.05) is 6.07 Å². The first-order valence-electron chi connectivity index (χ1n) is 11.8. The smallest absolute Gasteiger partial charge is 0.303 e. The Labute approximate surface area is 192 Å². The Morgan fingerprint density at radius 3 is 2.65 bits per heavy atom. The largest absolute Gasteiger partial charge is 0.481 e. The van der Waals surface area contributed by atoms with Gasteiger partial charge >= 0.3 is 5.97 Å². The molecule has 1 aromatic rings. The molecule has 0 aliphatic carbocycles. The standard InChI is InChI=1S/C27H36O3S/c28-27(29)16-10-2-1-9-15-23-24(26-18-17-25(23)31-26)19-21-30-20-11-4-3-6-12-22-13-7-5-8-14-22/h1,5,7-9,13-14,23-26H,2,6,10-12,15-21H2,(H,28,29)/b9-1-/t23-,24+,25?,26+/m1/s1. The Kier molecular flexibility index (Phi) is 10.6. The average Bonchev–Trinajstić information content (AvgIpc) is 3.37. The Balaban J connectivity index is 1.27. The van der Waals surface area contributed by atoms with Gasteiger partial charge in [-0.05, 0) is 62.3 Å². The fraction of sp³-hybridized carbons (Fsp3) is 0.593. The Morgan fingerprint density at radius 1 is 1.06 bits per heavy atom. The van der Waals surface area contributed by atoms with Crippen LogP contribution in [0.2, 0.25) is 0 Å². The lowest BCUT2D eigenvalue weighted by molar-refractivity contribution is -0.137. The molecule has 2 aliphatic rings. The summed E-state index contributed by atoms with van der Waals surface area (Å²) in [5, 5.41) is 10.4. The summed E-state index contributed by atoms with van der Waals surface area (Å²) in [5.41, 5.74) is 1.35. The van der Waals surface area contributed by atoms with E-state index in [2.05, 4.69) is 60.0 Å². The van der Waals surface area contributed by atoms with Crippen LogP contribution in [0.25, 0.3) is 0 Å². The van der Waals surface area contributed by atoms with Crippen molar-refractivity contribution >= 4 is 17.7 Å². The van der Waals surface area contributed by atoms with Crippen LogP contribution in [0.1, 0.15) is 63.4 Å². The molecule has 168 valence electrons. The Hall–Kier alpha value is -1.70. The number of fused-ring (bicyclic) bond motifs is 2. The van der Waals surface area contributed by atoms with Crippen LogP contribution in [0.3, 0.4) is 0 Å². The van der Waals surface area contributed by atoms with Gasteiger partial charge in [0.25, 0.3) is 0 Å². The fourth-order valence-electron chi connectivity index (χ4n) is 4.81. The molecule has 31 heavy (non-hydrogen) atoms. The van der Waals surface area contributed by atoms with Crippen LogP contribution >= 0.6 is 11.8 Å². The summed E-state index contributed by atoms with van der Waals surface area (Å²) in [7, 11) is 0. The zero-order valence-electron chi connectivity index (χ0n) is 18.5. The SMILES string of the molecule is O=C(O)CCC/C=C\C[C@H]1C2CC[C@H](S2)[C@H]1CCOCCC#CCCc1ccccc1. The van der Waals surface area contributed by atoms with E-state index in [-0.39, 0.29) is 6.42 Å². The summed E-state index contributed by atoms with van der Waals surface area (Å²) in [6, 6.07) is 10.5. The number of carbonyl (C=O) groups is 1. The summed E-state index contributed by atoms with van der Waals surface area (Å²) in [4.78, 5) is 10.6. The molecule has 0 spiro atoms. The normalized spacial score (nSPS) is 24.4. The third-order valence-electron chi connectivity index (χ3n) is 6.40. The van der Waals surface area contributed by atoms with Crippen LogP contribution in [0.4, 0.5) is 0 Å². The van der Waals surface area contributed by atoms with Gasteiger partial charge in [-0.3, -0.25) is 4.79 Å². The fourth-order valence-corrected chi connectivity index (χ4v) is 6.86. The van der Waals surface area contributed by atoms with Crippen molar-refractivity contribution < 1.29 is 14.6 Å². The van der Waals surface area contributed by atoms with Crippen LogP contribution in [0.15, 0.2) is 42.5 Å². The average molecular weight is 441 g/mol. The van der Waals surface area contributed by atoms with Gasteiger partial charge in [-0.1, -0.05) is 42.5 Å². The highest BCUT2D eigenvalue weighted by Gasteiger charge is 2.46. The second-order valence-corrected chi connectivity index (χ2v) is 10.1. The summed E-state index contributed by atoms with van der Waals surface area (Å²) < 4.78 is 5.91. The number of thioether (sulfide) groups is 1. The number of hydrogen-bond donors (Lipinski definition) is 1. The van der Waals surface area contributed by atoms with Crippen LogP contribution in [-0.2, 0) is 16.0 Å². The lowest BCUT2D eigenvalue weighted by Crippen LogP contribution is -2.28. The number of ether oxygens (including phenoxy) is 1. The molecule has 0 radical (unpaired) electrons. The number of benzene rings is 1. The third kappa shape index (κ3) is 8.39. The highest BCUT2D eigenvalue weighted by molar-refractivity contribution is 8.01. The highest BCUT2D eigenvalue weighted by Crippen LogP contribution is 2.55. The minimum atomic E-state index is -0.698. The van der Waals surface area contributed by atoms with Crippen LogP contribution in [0.5, 0.6) is 0 Å². The van der Waals surface area contributed by atoms with E-state index >= 15 is 0 Å². The molecule has 4 atom stereocenters. The Bertz CT molecular complexity index is 749. The van der Waals surface area contributed by atoms with Crippen molar-refractivity contribution in [1.82, 2.24) is 0 Å². The van der Waals surface area contributed by atoms with Crippen LogP contribution in [0, 0.1) is 23.7 Å². The van der Waals surface area contributed by atoms with Gasteiger partial charge in [0.15, 0.2) is 0 Å². The van der Waals surface area contributed by atoms with E-state index in [1.54, 1.807) is 0 Å². The van der Waals surface area contributed by atoms with Crippen molar-refractivity contribution in [3.63, 3.8) is 0 Å². The van der Waals surface area contributed by atoms with Gasteiger partial charge in [0.1, 0.15) is 0 Å². The molecule has 0 saturated carbocycles. The van der Waals surface area contributed by atoms with E-state index < -0.39 is 5.97 Å². The van der Waals surface area contributed by atoms with E-state index in [0.717, 1.165) is 80.5 Å². The first kappa shape index (κ1) is 24.0. The molecule has 2 heterocycles. The molecule has 3 nitrogen and oxygen atoms in total. The molecule has 1 unspecified atom stereocenters. The van der Waals surface area contributed by atoms with Crippen molar-refractivity contribution in [3.8, 4) is 11.8 Å². The van der Waals surface area contributed by atoms with Crippen molar-refractivity contribution in [2.45, 2.75) is 74.7 Å². The van der Waals surface area contributed by atoms with Crippen molar-refractivity contribution in [3.05, 3.63) is 48.0 Å². The van der Waals surface area contributed by atoms with Crippen molar-refractivity contribution in [2.75, 3.05) is 13.2 Å². The Morgan fingerprint density at radius 2 is 1.84 bits per heavy atom. The highest BCUT2D eigenvalue weighted by atomic mass is 32.2. The summed E-state index contributed by atoms with van der Waals surface area (Å²) in [6.45, 7) is 1.58. The molecule has 2 fully saturated rings. The van der Waals surface area contributed by atoms with E-state index in [0.29, 0.717) is 0 Å². The molecular weight excluding hydrogens is 404 g/mol. The van der Waals surface area contributed by atoms with Crippen LogP contribution in [-0.4, -0.2) is 34.8 Å². The molecule has 1 N–H and O–H groups in total. The van der Waals surface area contributed by atoms with Gasteiger partial charge in [0.05, 0.1) is 6.61 Å². The molecule has 3 rings (SSSR count). The molecule has 0 amide bonds. The first-order valence-corrected chi connectivity index (χ1v) is 12.8. The van der Waals surface area contributed by atoms with Gasteiger partial charge in [0, 0.05) is 36.4 Å². The monoisotopic (exact) mass is 440 g/mol. The predicted molar refractivity (Wildman–Crippen MR) is 129 cm³/mol. The number of aryl methyl sites for hydroxylation is 1. The topological polar surface area (TPSA) is 46.5 Å². The van der Waals surface area contributed by atoms with E-state index in [9.17, 15) is 4.79 Å². The molecular formula is C27H36O3S. The first-order chi connectivity index (χ1) is 15.2. The van der Waals surface area contributed by atoms with Crippen molar-refractivity contribution in [1.29, 1.82) is 0 Å². The molecule has 0 aromatic heterocycles. The van der Waals surface area contributed by atoms with Gasteiger partial charge in [0.2, 0.25) is 0 Å². The lowest BCUT2D eigenvalue weighted by atomic mass is 9.76. The summed E-state index contributed by atoms with van der Waals surface area (Å²) in [5.74, 6) is 7.35. The van der Waals surface area contributed by atoms with Crippen LogP contribution < -0.4 is 0 Å². The number of carboxylic acids is 1. The maximum Gasteiger partial charge on any atom is 0.303 e. The number of allylic oxidation sites excluding steroid dienone is 2. The van der Waals surface area contributed by atoms with Crippen molar-refractivity contribution in [2.24, 2.45) is 11.8 Å². The van der Waals surface area contributed by atoms with Gasteiger partial charge < -0.3 is 9.84 Å². The maximum absolute atomic E-state index is 10.6. The van der Waals surface area contributed by atoms with Gasteiger partial charge in [-0.15, -0.1) is 11.8 Å². The number of carboxylic acid groups (broad SMARTS) is 1. The number of hydrogen-bond acceptors (Lipinski definition) is 3. The second kappa shape index (κ2) is 13.7. The maximum atomic E-state index is 10.6. The minimum Gasteiger partial charge on any atom is -0.481 e. The van der Waals surface area contributed by atoms with E-state index in [4.69, 9.17) is 9.84 Å². The van der Waals surface area contributed by atoms with Gasteiger partial charge in [-0.2, -0.15) is 11.8 Å². The number of rotatable bonds is 13. The zero-order chi connectivity index (χ0) is 21.7. The molecule has 2 saturated heterocycles. The molecule has 2 bridgehead atoms. The molecule has 4 heteroatoms. The zero-order valence-corrected chi connectivity index (χ0v) is 19.3. The third-order valence-corrected chi connectivity index (χ3v) is 8.27. The quantitative estimate of drug-likeness (QED) is 0.228. The lowest BCUT2D eigenvalue weighted by Gasteiger charge is -2.29. The predicted octanol–water partition coefficient (Wildman–Crippen LogP) is 6.13. The molecule has 1 aromatic carbocycles. The minimum absolute atomic E-state index is 0.270. The molecule has 2 aliphatic heterocycles.